The summed E-state index contributed by atoms with van der Waals surface area (Å²) in [5.74, 6) is 0.524. The third-order valence-electron chi connectivity index (χ3n) is 3.55. The molecule has 1 heterocycles. The molecular weight excluding hydrogens is 326 g/mol. The van der Waals surface area contributed by atoms with Crippen LogP contribution in [0.4, 0.5) is 5.82 Å². The quantitative estimate of drug-likeness (QED) is 0.709. The minimum atomic E-state index is 0.524. The predicted octanol–water partition coefficient (Wildman–Crippen LogP) is 4.71. The number of anilines is 1. The van der Waals surface area contributed by atoms with E-state index in [9.17, 15) is 0 Å². The van der Waals surface area contributed by atoms with Gasteiger partial charge in [-0.15, -0.1) is 0 Å². The number of H-pyrrole nitrogens is 1. The zero-order chi connectivity index (χ0) is 15.0. The van der Waals surface area contributed by atoms with Crippen molar-refractivity contribution in [3.63, 3.8) is 0 Å². The fourth-order valence-corrected chi connectivity index (χ4v) is 2.70. The summed E-state index contributed by atoms with van der Waals surface area (Å²) >= 11 is 3.53. The smallest absolute Gasteiger partial charge is 0.153 e. The molecule has 0 unspecified atom stereocenters. The molecule has 0 saturated carbocycles. The number of hydrogen-bond donors (Lipinski definition) is 2. The molecule has 0 aliphatic carbocycles. The monoisotopic (exact) mass is 341 g/mol. The molecule has 3 nitrogen and oxygen atoms in total. The SMILES string of the molecule is Cc1cccc(-c2c(N)n[nH]c2-c2ccc(Br)c(C)c2)c1. The molecule has 4 heteroatoms. The molecule has 3 aromatic rings. The van der Waals surface area contributed by atoms with E-state index in [1.54, 1.807) is 0 Å². The van der Waals surface area contributed by atoms with Gasteiger partial charge in [-0.25, -0.2) is 0 Å². The molecule has 0 amide bonds. The van der Waals surface area contributed by atoms with Crippen LogP contribution < -0.4 is 5.73 Å². The Hall–Kier alpha value is -2.07. The van der Waals surface area contributed by atoms with Crippen LogP contribution in [-0.4, -0.2) is 10.2 Å². The Morgan fingerprint density at radius 3 is 2.57 bits per heavy atom. The first kappa shape index (κ1) is 13.9. The molecule has 0 fully saturated rings. The van der Waals surface area contributed by atoms with E-state index in [-0.39, 0.29) is 0 Å². The zero-order valence-electron chi connectivity index (χ0n) is 11.9. The van der Waals surface area contributed by atoms with Gasteiger partial charge in [-0.05, 0) is 37.1 Å². The maximum absolute atomic E-state index is 6.08. The Morgan fingerprint density at radius 2 is 1.86 bits per heavy atom. The van der Waals surface area contributed by atoms with Gasteiger partial charge in [-0.1, -0.05) is 51.8 Å². The van der Waals surface area contributed by atoms with Crippen molar-refractivity contribution in [2.45, 2.75) is 13.8 Å². The molecule has 1 aromatic heterocycles. The van der Waals surface area contributed by atoms with Crippen LogP contribution in [0.1, 0.15) is 11.1 Å². The van der Waals surface area contributed by atoms with E-state index in [2.05, 4.69) is 70.3 Å². The van der Waals surface area contributed by atoms with Crippen LogP contribution in [0.2, 0.25) is 0 Å². The van der Waals surface area contributed by atoms with Gasteiger partial charge in [0.1, 0.15) is 0 Å². The summed E-state index contributed by atoms with van der Waals surface area (Å²) < 4.78 is 1.09. The predicted molar refractivity (Wildman–Crippen MR) is 91.0 cm³/mol. The molecule has 2 aromatic carbocycles. The summed E-state index contributed by atoms with van der Waals surface area (Å²) in [6, 6.07) is 14.5. The first-order valence-electron chi connectivity index (χ1n) is 6.73. The van der Waals surface area contributed by atoms with E-state index >= 15 is 0 Å². The molecule has 106 valence electrons. The first-order chi connectivity index (χ1) is 10.1. The van der Waals surface area contributed by atoms with Crippen LogP contribution in [0.25, 0.3) is 22.4 Å². The second-order valence-electron chi connectivity index (χ2n) is 5.19. The van der Waals surface area contributed by atoms with Crippen molar-refractivity contribution in [2.75, 3.05) is 5.73 Å². The van der Waals surface area contributed by atoms with Crippen molar-refractivity contribution in [1.82, 2.24) is 10.2 Å². The number of aryl methyl sites for hydroxylation is 2. The Balaban J connectivity index is 2.19. The van der Waals surface area contributed by atoms with Gasteiger partial charge in [0.2, 0.25) is 0 Å². The lowest BCUT2D eigenvalue weighted by molar-refractivity contribution is 1.10. The third kappa shape index (κ3) is 2.59. The van der Waals surface area contributed by atoms with E-state index in [0.717, 1.165) is 26.9 Å². The van der Waals surface area contributed by atoms with E-state index in [1.165, 1.54) is 11.1 Å². The Bertz CT molecular complexity index is 806. The molecule has 3 rings (SSSR count). The van der Waals surface area contributed by atoms with Crippen molar-refractivity contribution in [2.24, 2.45) is 0 Å². The number of benzene rings is 2. The molecular formula is C17H16BrN3. The second-order valence-corrected chi connectivity index (χ2v) is 6.05. The topological polar surface area (TPSA) is 54.7 Å². The normalized spacial score (nSPS) is 10.8. The largest absolute Gasteiger partial charge is 0.382 e. The molecule has 0 saturated heterocycles. The highest BCUT2D eigenvalue weighted by Gasteiger charge is 2.15. The average molecular weight is 342 g/mol. The van der Waals surface area contributed by atoms with Gasteiger partial charge in [0.05, 0.1) is 11.3 Å². The van der Waals surface area contributed by atoms with Crippen LogP contribution >= 0.6 is 15.9 Å². The molecule has 3 N–H and O–H groups in total. The summed E-state index contributed by atoms with van der Waals surface area (Å²) in [6.45, 7) is 4.14. The summed E-state index contributed by atoms with van der Waals surface area (Å²) in [5, 5.41) is 7.26. The van der Waals surface area contributed by atoms with Crippen LogP contribution in [0, 0.1) is 13.8 Å². The highest BCUT2D eigenvalue weighted by Crippen LogP contribution is 2.36. The molecule has 0 atom stereocenters. The average Bonchev–Trinajstić information content (AvgIpc) is 2.84. The van der Waals surface area contributed by atoms with Crippen molar-refractivity contribution >= 4 is 21.7 Å². The number of nitrogens with zero attached hydrogens (tertiary/aromatic N) is 1. The third-order valence-corrected chi connectivity index (χ3v) is 4.44. The standard InChI is InChI=1S/C17H16BrN3/c1-10-4-3-5-12(8-10)15-16(20-21-17(15)19)13-6-7-14(18)11(2)9-13/h3-9H,1-2H3,(H3,19,20,21). The fraction of sp³-hybridized carbons (Fsp3) is 0.118. The lowest BCUT2D eigenvalue weighted by Crippen LogP contribution is -1.89. The number of nitrogens with two attached hydrogens (primary N) is 1. The summed E-state index contributed by atoms with van der Waals surface area (Å²) in [5.41, 5.74) is 12.5. The minimum absolute atomic E-state index is 0.524. The van der Waals surface area contributed by atoms with Gasteiger partial charge in [0.25, 0.3) is 0 Å². The highest BCUT2D eigenvalue weighted by atomic mass is 79.9. The number of aromatic amines is 1. The van der Waals surface area contributed by atoms with Crippen molar-refractivity contribution in [1.29, 1.82) is 0 Å². The number of nitrogens with one attached hydrogen (secondary N) is 1. The van der Waals surface area contributed by atoms with Crippen LogP contribution in [0.15, 0.2) is 46.9 Å². The molecule has 0 aliphatic heterocycles. The van der Waals surface area contributed by atoms with Crippen LogP contribution in [0.5, 0.6) is 0 Å². The van der Waals surface area contributed by atoms with Gasteiger partial charge in [-0.3, -0.25) is 5.10 Å². The highest BCUT2D eigenvalue weighted by molar-refractivity contribution is 9.10. The Morgan fingerprint density at radius 1 is 1.05 bits per heavy atom. The minimum Gasteiger partial charge on any atom is -0.382 e. The maximum Gasteiger partial charge on any atom is 0.153 e. The van der Waals surface area contributed by atoms with Crippen LogP contribution in [-0.2, 0) is 0 Å². The lowest BCUT2D eigenvalue weighted by Gasteiger charge is -2.07. The Labute approximate surface area is 132 Å². The number of aromatic nitrogens is 2. The molecule has 0 radical (unpaired) electrons. The Kier molecular flexibility index (Phi) is 3.55. The molecule has 0 aliphatic rings. The summed E-state index contributed by atoms with van der Waals surface area (Å²) in [6.07, 6.45) is 0. The van der Waals surface area contributed by atoms with Gasteiger partial charge in [0, 0.05) is 10.0 Å². The van der Waals surface area contributed by atoms with Crippen molar-refractivity contribution in [3.05, 3.63) is 58.1 Å². The van der Waals surface area contributed by atoms with Gasteiger partial charge in [-0.2, -0.15) is 5.10 Å². The van der Waals surface area contributed by atoms with E-state index in [1.807, 2.05) is 12.1 Å². The fourth-order valence-electron chi connectivity index (χ4n) is 2.46. The van der Waals surface area contributed by atoms with Gasteiger partial charge in [0.15, 0.2) is 5.82 Å². The van der Waals surface area contributed by atoms with Gasteiger partial charge >= 0.3 is 0 Å². The number of rotatable bonds is 2. The van der Waals surface area contributed by atoms with Crippen molar-refractivity contribution < 1.29 is 0 Å². The van der Waals surface area contributed by atoms with Crippen molar-refractivity contribution in [3.8, 4) is 22.4 Å². The zero-order valence-corrected chi connectivity index (χ0v) is 13.5. The summed E-state index contributed by atoms with van der Waals surface area (Å²) in [7, 11) is 0. The first-order valence-corrected chi connectivity index (χ1v) is 7.53. The van der Waals surface area contributed by atoms with Gasteiger partial charge < -0.3 is 5.73 Å². The summed E-state index contributed by atoms with van der Waals surface area (Å²) in [4.78, 5) is 0. The van der Waals surface area contributed by atoms with E-state index in [0.29, 0.717) is 5.82 Å². The molecule has 0 spiro atoms. The maximum atomic E-state index is 6.08. The van der Waals surface area contributed by atoms with E-state index < -0.39 is 0 Å². The number of halogens is 1. The van der Waals surface area contributed by atoms with E-state index in [4.69, 9.17) is 5.73 Å². The van der Waals surface area contributed by atoms with Crippen LogP contribution in [0.3, 0.4) is 0 Å². The second kappa shape index (κ2) is 5.37. The molecule has 0 bridgehead atoms. The number of nitrogen functional groups attached to an aromatic ring is 1. The number of hydrogen-bond acceptors (Lipinski definition) is 2. The lowest BCUT2D eigenvalue weighted by atomic mass is 9.99. The molecule has 21 heavy (non-hydrogen) atoms.